The summed E-state index contributed by atoms with van der Waals surface area (Å²) >= 11 is 0. The molecule has 0 saturated heterocycles. The summed E-state index contributed by atoms with van der Waals surface area (Å²) in [7, 11) is 0. The molecule has 3 N–H and O–H groups in total. The largest absolute Gasteiger partial charge is 0.416 e. The Morgan fingerprint density at radius 1 is 1.09 bits per heavy atom. The molecular formula is C17H17F3N2O. The summed E-state index contributed by atoms with van der Waals surface area (Å²) < 4.78 is 40.1. The second-order valence-electron chi connectivity index (χ2n) is 5.55. The van der Waals surface area contributed by atoms with Crippen molar-refractivity contribution in [2.24, 2.45) is 5.73 Å². The zero-order valence-corrected chi connectivity index (χ0v) is 12.5. The van der Waals surface area contributed by atoms with Gasteiger partial charge in [0.05, 0.1) is 6.04 Å². The summed E-state index contributed by atoms with van der Waals surface area (Å²) in [5.74, 6) is 0. The first-order chi connectivity index (χ1) is 10.8. The molecule has 0 radical (unpaired) electrons. The maximum atomic E-state index is 12.7. The smallest absolute Gasteiger partial charge is 0.382 e. The predicted molar refractivity (Wildman–Crippen MR) is 84.1 cm³/mol. The molecule has 3 nitrogen and oxygen atoms in total. The number of hydrogen-bond acceptors (Lipinski definition) is 2. The van der Waals surface area contributed by atoms with Gasteiger partial charge in [-0.1, -0.05) is 24.3 Å². The first kappa shape index (κ1) is 15.8. The zero-order chi connectivity index (χ0) is 16.8. The minimum atomic E-state index is -4.74. The number of nitrogens with zero attached hydrogens (tertiary/aromatic N) is 1. The molecule has 2 aromatic carbocycles. The van der Waals surface area contributed by atoms with Gasteiger partial charge in [-0.2, -0.15) is 13.2 Å². The average Bonchev–Trinajstić information content (AvgIpc) is 2.85. The van der Waals surface area contributed by atoms with Crippen molar-refractivity contribution in [2.45, 2.75) is 31.8 Å². The standard InChI is InChI=1S/C17H17F3N2O/c1-2-22-13-6-4-3-5-11(13)12-9-10(7-8-14(12)22)15(21)16(23)17(18,19)20/h3-9,15-16,23H,2,21H2,1H3/t15-,16-/m1/s1. The normalized spacial score (nSPS) is 15.2. The van der Waals surface area contributed by atoms with Gasteiger partial charge in [0.1, 0.15) is 0 Å². The molecule has 0 spiro atoms. The van der Waals surface area contributed by atoms with Crippen LogP contribution in [0.3, 0.4) is 0 Å². The number of halogens is 3. The quantitative estimate of drug-likeness (QED) is 0.772. The van der Waals surface area contributed by atoms with Gasteiger partial charge < -0.3 is 15.4 Å². The molecule has 1 heterocycles. The first-order valence-corrected chi connectivity index (χ1v) is 7.36. The second kappa shape index (κ2) is 5.54. The lowest BCUT2D eigenvalue weighted by molar-refractivity contribution is -0.210. The molecule has 0 amide bonds. The van der Waals surface area contributed by atoms with Crippen molar-refractivity contribution < 1.29 is 18.3 Å². The molecule has 122 valence electrons. The van der Waals surface area contributed by atoms with Gasteiger partial charge in [0.25, 0.3) is 0 Å². The van der Waals surface area contributed by atoms with Crippen LogP contribution < -0.4 is 5.73 Å². The highest BCUT2D eigenvalue weighted by Gasteiger charge is 2.42. The molecule has 0 aliphatic heterocycles. The fourth-order valence-corrected chi connectivity index (χ4v) is 3.01. The molecule has 0 unspecified atom stereocenters. The van der Waals surface area contributed by atoms with Crippen LogP contribution >= 0.6 is 0 Å². The molecule has 6 heteroatoms. The highest BCUT2D eigenvalue weighted by atomic mass is 19.4. The third-order valence-corrected chi connectivity index (χ3v) is 4.17. The number of hydrogen-bond donors (Lipinski definition) is 2. The molecule has 0 fully saturated rings. The fourth-order valence-electron chi connectivity index (χ4n) is 3.01. The van der Waals surface area contributed by atoms with Crippen molar-refractivity contribution in [3.63, 3.8) is 0 Å². The van der Waals surface area contributed by atoms with Crippen molar-refractivity contribution in [2.75, 3.05) is 0 Å². The van der Waals surface area contributed by atoms with Crippen molar-refractivity contribution >= 4 is 21.8 Å². The molecule has 0 aliphatic carbocycles. The predicted octanol–water partition coefficient (Wildman–Crippen LogP) is 3.74. The lowest BCUT2D eigenvalue weighted by atomic mass is 9.99. The molecular weight excluding hydrogens is 305 g/mol. The number of alkyl halides is 3. The maximum absolute atomic E-state index is 12.7. The Labute approximate surface area is 131 Å². The van der Waals surface area contributed by atoms with Gasteiger partial charge in [0, 0.05) is 28.4 Å². The third kappa shape index (κ3) is 2.58. The van der Waals surface area contributed by atoms with Crippen LogP contribution in [0.1, 0.15) is 18.5 Å². The second-order valence-corrected chi connectivity index (χ2v) is 5.55. The number of aliphatic hydroxyl groups excluding tert-OH is 1. The van der Waals surface area contributed by atoms with Crippen LogP contribution in [0, 0.1) is 0 Å². The number of aliphatic hydroxyl groups is 1. The number of rotatable bonds is 3. The first-order valence-electron chi connectivity index (χ1n) is 7.36. The maximum Gasteiger partial charge on any atom is 0.416 e. The number of para-hydroxylation sites is 1. The topological polar surface area (TPSA) is 51.2 Å². The molecule has 2 atom stereocenters. The summed E-state index contributed by atoms with van der Waals surface area (Å²) in [5.41, 5.74) is 7.84. The molecule has 3 rings (SSSR count). The molecule has 23 heavy (non-hydrogen) atoms. The van der Waals surface area contributed by atoms with E-state index in [-0.39, 0.29) is 5.56 Å². The van der Waals surface area contributed by atoms with Gasteiger partial charge in [-0.05, 0) is 30.7 Å². The van der Waals surface area contributed by atoms with Crippen LogP contribution in [-0.4, -0.2) is 22.0 Å². The Kier molecular flexibility index (Phi) is 3.82. The minimum Gasteiger partial charge on any atom is -0.382 e. The van der Waals surface area contributed by atoms with Crippen molar-refractivity contribution in [3.8, 4) is 0 Å². The SMILES string of the molecule is CCn1c2ccccc2c2cc([C@@H](N)[C@@H](O)C(F)(F)F)ccc21. The van der Waals surface area contributed by atoms with E-state index < -0.39 is 18.3 Å². The zero-order valence-electron chi connectivity index (χ0n) is 12.5. The Morgan fingerprint density at radius 3 is 2.39 bits per heavy atom. The van der Waals surface area contributed by atoms with E-state index in [0.29, 0.717) is 0 Å². The van der Waals surface area contributed by atoms with E-state index in [9.17, 15) is 18.3 Å². The molecule has 0 aliphatic rings. The number of benzene rings is 2. The Bertz CT molecular complexity index is 854. The van der Waals surface area contributed by atoms with Crippen LogP contribution in [-0.2, 0) is 6.54 Å². The van der Waals surface area contributed by atoms with E-state index in [4.69, 9.17) is 5.73 Å². The lowest BCUT2D eigenvalue weighted by Crippen LogP contribution is -2.38. The van der Waals surface area contributed by atoms with Crippen LogP contribution in [0.15, 0.2) is 42.5 Å². The van der Waals surface area contributed by atoms with Crippen LogP contribution in [0.5, 0.6) is 0 Å². The third-order valence-electron chi connectivity index (χ3n) is 4.17. The van der Waals surface area contributed by atoms with Crippen LogP contribution in [0.4, 0.5) is 13.2 Å². The molecule has 0 saturated carbocycles. The number of aromatic nitrogens is 1. The fraction of sp³-hybridized carbons (Fsp3) is 0.294. The van der Waals surface area contributed by atoms with Gasteiger partial charge >= 0.3 is 6.18 Å². The summed E-state index contributed by atoms with van der Waals surface area (Å²) in [6.45, 7) is 2.76. The van der Waals surface area contributed by atoms with Gasteiger partial charge in [-0.15, -0.1) is 0 Å². The monoisotopic (exact) mass is 322 g/mol. The number of aryl methyl sites for hydroxylation is 1. The van der Waals surface area contributed by atoms with E-state index in [1.165, 1.54) is 0 Å². The van der Waals surface area contributed by atoms with Crippen LogP contribution in [0.2, 0.25) is 0 Å². The van der Waals surface area contributed by atoms with Gasteiger partial charge in [0.2, 0.25) is 0 Å². The lowest BCUT2D eigenvalue weighted by Gasteiger charge is -2.21. The molecule has 3 aromatic rings. The summed E-state index contributed by atoms with van der Waals surface area (Å²) in [4.78, 5) is 0. The summed E-state index contributed by atoms with van der Waals surface area (Å²) in [5, 5.41) is 11.2. The Balaban J connectivity index is 2.18. The van der Waals surface area contributed by atoms with Crippen molar-refractivity contribution in [1.29, 1.82) is 0 Å². The Hall–Kier alpha value is -2.05. The summed E-state index contributed by atoms with van der Waals surface area (Å²) in [6.07, 6.45) is -7.33. The van der Waals surface area contributed by atoms with E-state index in [1.807, 2.05) is 31.2 Å². The Morgan fingerprint density at radius 2 is 1.74 bits per heavy atom. The van der Waals surface area contributed by atoms with E-state index in [0.717, 1.165) is 28.4 Å². The minimum absolute atomic E-state index is 0.265. The highest BCUT2D eigenvalue weighted by Crippen LogP contribution is 2.33. The van der Waals surface area contributed by atoms with Gasteiger partial charge in [0.15, 0.2) is 6.10 Å². The van der Waals surface area contributed by atoms with Gasteiger partial charge in [-0.25, -0.2) is 0 Å². The van der Waals surface area contributed by atoms with E-state index in [2.05, 4.69) is 4.57 Å². The van der Waals surface area contributed by atoms with Gasteiger partial charge in [-0.3, -0.25) is 0 Å². The average molecular weight is 322 g/mol. The van der Waals surface area contributed by atoms with Crippen molar-refractivity contribution in [1.82, 2.24) is 4.57 Å². The van der Waals surface area contributed by atoms with Crippen LogP contribution in [0.25, 0.3) is 21.8 Å². The number of nitrogens with two attached hydrogens (primary N) is 1. The number of fused-ring (bicyclic) bond motifs is 3. The highest BCUT2D eigenvalue weighted by molar-refractivity contribution is 6.08. The summed E-state index contributed by atoms with van der Waals surface area (Å²) in [6, 6.07) is 11.2. The molecule has 0 bridgehead atoms. The molecule has 1 aromatic heterocycles. The van der Waals surface area contributed by atoms with Crippen molar-refractivity contribution in [3.05, 3.63) is 48.0 Å². The van der Waals surface area contributed by atoms with E-state index >= 15 is 0 Å². The van der Waals surface area contributed by atoms with E-state index in [1.54, 1.807) is 18.2 Å².